The minimum atomic E-state index is -4.53. The standard InChI is InChI=1S/C22H24F3NO5.C22H24F3NO4S/c1-12(11-17(27)19-20(28)18(30-4)9-10-26-19)21(29)31-14(3)13(2)15-7-5-6-8-16(15)22(23,24)25;1-12(11-18(31)19-20(27)17(29-4)9-10-26-19)21(28)30-14(3)13(2)15-7-5-6-8-16(15)22(23,24)25/h5-10,12-14,28H,11H2,1-4H3;5-10,12-14,27H,11H2,1-4H3/t2*12-,13-,14+/m11/s1. The number of thiocarbonyl (C=S) groups is 1. The van der Waals surface area contributed by atoms with Crippen molar-refractivity contribution in [2.45, 2.75) is 90.8 Å². The van der Waals surface area contributed by atoms with Gasteiger partial charge in [-0.05, 0) is 43.5 Å². The van der Waals surface area contributed by atoms with Crippen molar-refractivity contribution < 1.29 is 69.9 Å². The molecule has 2 aromatic heterocycles. The van der Waals surface area contributed by atoms with Crippen LogP contribution in [0.25, 0.3) is 0 Å². The zero-order valence-electron chi connectivity index (χ0n) is 35.1. The second-order valence-electron chi connectivity index (χ2n) is 14.5. The number of ether oxygens (including phenoxy) is 4. The largest absolute Gasteiger partial charge is 0.503 e. The fourth-order valence-electron chi connectivity index (χ4n) is 6.14. The van der Waals surface area contributed by atoms with Crippen LogP contribution in [0.1, 0.15) is 105 Å². The molecular formula is C44H48F6N2O9S. The molecule has 2 N–H and O–H groups in total. The van der Waals surface area contributed by atoms with Crippen molar-refractivity contribution in [2.75, 3.05) is 14.2 Å². The first-order valence-electron chi connectivity index (χ1n) is 19.2. The molecule has 11 nitrogen and oxygen atoms in total. The number of carbonyl (C=O) groups excluding carboxylic acids is 3. The van der Waals surface area contributed by atoms with E-state index in [0.717, 1.165) is 12.1 Å². The lowest BCUT2D eigenvalue weighted by molar-refractivity contribution is -0.154. The monoisotopic (exact) mass is 894 g/mol. The lowest BCUT2D eigenvalue weighted by Gasteiger charge is -2.25. The molecule has 0 unspecified atom stereocenters. The number of pyridine rings is 2. The molecular weight excluding hydrogens is 847 g/mol. The second kappa shape index (κ2) is 21.8. The molecule has 336 valence electrons. The van der Waals surface area contributed by atoms with Gasteiger partial charge in [-0.3, -0.25) is 19.4 Å². The second-order valence-corrected chi connectivity index (χ2v) is 15.0. The molecule has 0 saturated carbocycles. The van der Waals surface area contributed by atoms with E-state index in [0.29, 0.717) is 0 Å². The van der Waals surface area contributed by atoms with E-state index in [1.165, 1.54) is 95.9 Å². The average molecular weight is 895 g/mol. The van der Waals surface area contributed by atoms with Crippen LogP contribution in [0.2, 0.25) is 0 Å². The summed E-state index contributed by atoms with van der Waals surface area (Å²) in [6.07, 6.45) is -8.21. The number of aromatic nitrogens is 2. The quantitative estimate of drug-likeness (QED) is 0.0476. The number of alkyl halides is 6. The zero-order chi connectivity index (χ0) is 46.7. The molecule has 0 saturated heterocycles. The van der Waals surface area contributed by atoms with E-state index >= 15 is 0 Å². The maximum atomic E-state index is 13.3. The molecule has 0 aliphatic rings. The molecule has 0 bridgehead atoms. The number of nitrogens with zero attached hydrogens (tertiary/aromatic N) is 2. The van der Waals surface area contributed by atoms with Crippen molar-refractivity contribution in [3.8, 4) is 23.0 Å². The summed E-state index contributed by atoms with van der Waals surface area (Å²) >= 11 is 5.30. The van der Waals surface area contributed by atoms with Crippen LogP contribution < -0.4 is 9.47 Å². The van der Waals surface area contributed by atoms with Crippen molar-refractivity contribution in [1.82, 2.24) is 9.97 Å². The number of carbonyl (C=O) groups is 3. The summed E-state index contributed by atoms with van der Waals surface area (Å²) in [5, 5.41) is 20.2. The Morgan fingerprint density at radius 3 is 1.39 bits per heavy atom. The van der Waals surface area contributed by atoms with Gasteiger partial charge in [-0.25, -0.2) is 4.98 Å². The molecule has 2 aromatic carbocycles. The maximum Gasteiger partial charge on any atom is 0.416 e. The van der Waals surface area contributed by atoms with Crippen LogP contribution in [0, 0.1) is 11.8 Å². The summed E-state index contributed by atoms with van der Waals surface area (Å²) < 4.78 is 100. The molecule has 4 rings (SSSR count). The average Bonchev–Trinajstić information content (AvgIpc) is 3.22. The predicted octanol–water partition coefficient (Wildman–Crippen LogP) is 10.1. The Balaban J connectivity index is 0.000000330. The van der Waals surface area contributed by atoms with E-state index in [1.54, 1.807) is 20.8 Å². The van der Waals surface area contributed by atoms with Crippen LogP contribution >= 0.6 is 12.2 Å². The van der Waals surface area contributed by atoms with Gasteiger partial charge >= 0.3 is 24.3 Å². The maximum absolute atomic E-state index is 13.3. The zero-order valence-corrected chi connectivity index (χ0v) is 35.9. The van der Waals surface area contributed by atoms with Crippen LogP contribution in [-0.4, -0.2) is 69.2 Å². The Labute approximate surface area is 360 Å². The predicted molar refractivity (Wildman–Crippen MR) is 219 cm³/mol. The SMILES string of the molecule is COc1ccnc(C(=O)C[C@@H](C)C(=O)O[C@@H](C)[C@@H](C)c2ccccc2C(F)(F)F)c1O.COc1ccnc(C(=S)C[C@@H](C)C(=O)O[C@@H](C)[C@@H](C)c2ccccc2C(F)(F)F)c1O. The molecule has 0 radical (unpaired) electrons. The number of methoxy groups -OCH3 is 2. The number of aromatic hydroxyl groups is 2. The van der Waals surface area contributed by atoms with Gasteiger partial charge < -0.3 is 29.2 Å². The number of esters is 2. The summed E-state index contributed by atoms with van der Waals surface area (Å²) in [6.45, 7) is 9.22. The number of benzene rings is 2. The summed E-state index contributed by atoms with van der Waals surface area (Å²) in [7, 11) is 2.71. The first kappa shape index (κ1) is 50.6. The fraction of sp³-hybridized carbons (Fsp3) is 0.409. The lowest BCUT2D eigenvalue weighted by atomic mass is 9.91. The van der Waals surface area contributed by atoms with Gasteiger partial charge in [0.2, 0.25) is 0 Å². The number of ketones is 1. The van der Waals surface area contributed by atoms with Crippen LogP contribution in [-0.2, 0) is 31.4 Å². The summed E-state index contributed by atoms with van der Waals surface area (Å²) in [6, 6.07) is 13.2. The molecule has 0 fully saturated rings. The van der Waals surface area contributed by atoms with E-state index in [2.05, 4.69) is 9.97 Å². The summed E-state index contributed by atoms with van der Waals surface area (Å²) in [5.41, 5.74) is -1.56. The Kier molecular flexibility index (Phi) is 17.8. The van der Waals surface area contributed by atoms with Gasteiger partial charge in [-0.2, -0.15) is 26.3 Å². The van der Waals surface area contributed by atoms with Crippen LogP contribution in [0.15, 0.2) is 73.1 Å². The van der Waals surface area contributed by atoms with Crippen LogP contribution in [0.4, 0.5) is 26.3 Å². The van der Waals surface area contributed by atoms with Crippen molar-refractivity contribution in [2.24, 2.45) is 11.8 Å². The van der Waals surface area contributed by atoms with Crippen molar-refractivity contribution >= 4 is 34.8 Å². The molecule has 0 amide bonds. The Morgan fingerprint density at radius 1 is 0.613 bits per heavy atom. The highest BCUT2D eigenvalue weighted by molar-refractivity contribution is 7.80. The van der Waals surface area contributed by atoms with Gasteiger partial charge in [0.05, 0.1) is 37.2 Å². The Morgan fingerprint density at radius 2 is 0.984 bits per heavy atom. The topological polar surface area (TPSA) is 154 Å². The van der Waals surface area contributed by atoms with E-state index in [4.69, 9.17) is 31.2 Å². The number of Topliss-reactive ketones (excluding diaryl/α,β-unsaturated/α-hetero) is 1. The molecule has 6 atom stereocenters. The van der Waals surface area contributed by atoms with Crippen LogP contribution in [0.5, 0.6) is 23.0 Å². The minimum absolute atomic E-state index is 0.0181. The fourth-order valence-corrected chi connectivity index (χ4v) is 6.54. The normalized spacial score (nSPS) is 14.4. The van der Waals surface area contributed by atoms with Gasteiger partial charge in [0, 0.05) is 47.6 Å². The lowest BCUT2D eigenvalue weighted by Crippen LogP contribution is -2.27. The Hall–Kier alpha value is -5.78. The smallest absolute Gasteiger partial charge is 0.416 e. The van der Waals surface area contributed by atoms with Crippen molar-refractivity contribution in [3.05, 3.63) is 107 Å². The van der Waals surface area contributed by atoms with E-state index in [-0.39, 0.29) is 57.5 Å². The number of hydrogen-bond acceptors (Lipinski definition) is 12. The molecule has 0 spiro atoms. The molecule has 18 heteroatoms. The molecule has 62 heavy (non-hydrogen) atoms. The van der Waals surface area contributed by atoms with E-state index in [1.807, 2.05) is 0 Å². The highest BCUT2D eigenvalue weighted by Gasteiger charge is 2.37. The summed E-state index contributed by atoms with van der Waals surface area (Å²) in [4.78, 5) is 45.5. The third-order valence-electron chi connectivity index (χ3n) is 10.1. The van der Waals surface area contributed by atoms with Crippen LogP contribution in [0.3, 0.4) is 0 Å². The minimum Gasteiger partial charge on any atom is -0.503 e. The third kappa shape index (κ3) is 13.1. The van der Waals surface area contributed by atoms with Gasteiger partial charge in [0.1, 0.15) is 17.9 Å². The van der Waals surface area contributed by atoms with E-state index in [9.17, 15) is 50.9 Å². The highest BCUT2D eigenvalue weighted by atomic mass is 32.1. The van der Waals surface area contributed by atoms with Gasteiger partial charge in [0.25, 0.3) is 0 Å². The third-order valence-corrected chi connectivity index (χ3v) is 10.4. The molecule has 0 aliphatic heterocycles. The number of rotatable bonds is 16. The first-order valence-corrected chi connectivity index (χ1v) is 19.6. The van der Waals surface area contributed by atoms with Gasteiger partial charge in [-0.15, -0.1) is 0 Å². The molecule has 2 heterocycles. The summed E-state index contributed by atoms with van der Waals surface area (Å²) in [5.74, 6) is -5.30. The first-order chi connectivity index (χ1) is 28.9. The Bertz CT molecular complexity index is 2050. The molecule has 0 aliphatic carbocycles. The van der Waals surface area contributed by atoms with Crippen molar-refractivity contribution in [3.63, 3.8) is 0 Å². The van der Waals surface area contributed by atoms with Crippen molar-refractivity contribution in [1.29, 1.82) is 0 Å². The highest BCUT2D eigenvalue weighted by Crippen LogP contribution is 2.38. The van der Waals surface area contributed by atoms with E-state index < -0.39 is 82.8 Å². The van der Waals surface area contributed by atoms with Gasteiger partial charge in [0.15, 0.2) is 34.5 Å². The molecule has 4 aromatic rings. The number of hydrogen-bond donors (Lipinski definition) is 2. The van der Waals surface area contributed by atoms with Gasteiger partial charge in [-0.1, -0.05) is 76.3 Å². The number of halogens is 6.